The fraction of sp³-hybridized carbons (Fsp3) is 0.714. The van der Waals surface area contributed by atoms with E-state index in [1.54, 1.807) is 6.26 Å². The lowest BCUT2D eigenvalue weighted by Gasteiger charge is -2.27. The monoisotopic (exact) mass is 221 g/mol. The molecule has 90 valence electrons. The molecule has 0 aromatic carbocycles. The topological polar surface area (TPSA) is 25.2 Å². The molecule has 2 heteroatoms. The summed E-state index contributed by atoms with van der Waals surface area (Å²) in [6.07, 6.45) is 7.35. The maximum atomic E-state index is 5.39. The fourth-order valence-corrected chi connectivity index (χ4v) is 2.73. The summed E-state index contributed by atoms with van der Waals surface area (Å²) in [7, 11) is 0. The van der Waals surface area contributed by atoms with Gasteiger partial charge in [0, 0.05) is 0 Å². The summed E-state index contributed by atoms with van der Waals surface area (Å²) >= 11 is 0. The summed E-state index contributed by atoms with van der Waals surface area (Å²) in [5, 5.41) is 3.58. The van der Waals surface area contributed by atoms with Gasteiger partial charge in [0.2, 0.25) is 0 Å². The summed E-state index contributed by atoms with van der Waals surface area (Å²) < 4.78 is 5.39. The predicted molar refractivity (Wildman–Crippen MR) is 66.2 cm³/mol. The Bertz CT molecular complexity index is 294. The molecule has 3 atom stereocenters. The van der Waals surface area contributed by atoms with Gasteiger partial charge in [0.05, 0.1) is 12.3 Å². The van der Waals surface area contributed by atoms with Gasteiger partial charge in [-0.25, -0.2) is 0 Å². The second kappa shape index (κ2) is 5.53. The third-order valence-electron chi connectivity index (χ3n) is 3.73. The quantitative estimate of drug-likeness (QED) is 0.837. The summed E-state index contributed by atoms with van der Waals surface area (Å²) in [5.74, 6) is 2.82. The van der Waals surface area contributed by atoms with E-state index in [0.29, 0.717) is 6.04 Å². The van der Waals surface area contributed by atoms with Crippen molar-refractivity contribution in [3.05, 3.63) is 24.2 Å². The van der Waals surface area contributed by atoms with E-state index in [2.05, 4.69) is 19.2 Å². The van der Waals surface area contributed by atoms with Gasteiger partial charge in [-0.3, -0.25) is 0 Å². The average molecular weight is 221 g/mol. The van der Waals surface area contributed by atoms with Crippen LogP contribution >= 0.6 is 0 Å². The largest absolute Gasteiger partial charge is 0.468 e. The molecule has 16 heavy (non-hydrogen) atoms. The van der Waals surface area contributed by atoms with Crippen molar-refractivity contribution in [1.29, 1.82) is 0 Å². The Kier molecular flexibility index (Phi) is 4.05. The Morgan fingerprint density at radius 1 is 1.50 bits per heavy atom. The van der Waals surface area contributed by atoms with Crippen molar-refractivity contribution in [3.8, 4) is 0 Å². The Labute approximate surface area is 98.4 Å². The third kappa shape index (κ3) is 3.11. The fourth-order valence-electron chi connectivity index (χ4n) is 2.73. The van der Waals surface area contributed by atoms with E-state index >= 15 is 0 Å². The minimum absolute atomic E-state index is 0.340. The minimum Gasteiger partial charge on any atom is -0.468 e. The maximum Gasteiger partial charge on any atom is 0.120 e. The first-order chi connectivity index (χ1) is 7.75. The van der Waals surface area contributed by atoms with Crippen LogP contribution < -0.4 is 5.32 Å². The molecule has 0 saturated heterocycles. The van der Waals surface area contributed by atoms with Crippen LogP contribution in [0.5, 0.6) is 0 Å². The van der Waals surface area contributed by atoms with Crippen molar-refractivity contribution in [3.63, 3.8) is 0 Å². The highest BCUT2D eigenvalue weighted by Crippen LogP contribution is 2.28. The molecule has 0 bridgehead atoms. The number of nitrogens with one attached hydrogen (secondary N) is 1. The van der Waals surface area contributed by atoms with E-state index in [0.717, 1.165) is 24.1 Å². The van der Waals surface area contributed by atoms with Crippen molar-refractivity contribution in [2.24, 2.45) is 11.8 Å². The molecule has 1 aliphatic carbocycles. The van der Waals surface area contributed by atoms with Gasteiger partial charge >= 0.3 is 0 Å². The summed E-state index contributed by atoms with van der Waals surface area (Å²) in [4.78, 5) is 0. The van der Waals surface area contributed by atoms with Gasteiger partial charge in [-0.1, -0.05) is 19.8 Å². The number of hydrogen-bond acceptors (Lipinski definition) is 2. The molecular formula is C14H23NO. The van der Waals surface area contributed by atoms with E-state index in [9.17, 15) is 0 Å². The molecule has 2 unspecified atom stereocenters. The molecule has 2 nitrogen and oxygen atoms in total. The van der Waals surface area contributed by atoms with Crippen molar-refractivity contribution >= 4 is 0 Å². The first kappa shape index (κ1) is 11.7. The molecule has 1 saturated carbocycles. The number of rotatable bonds is 4. The molecule has 0 amide bonds. The molecule has 1 aromatic rings. The molecule has 2 rings (SSSR count). The highest BCUT2D eigenvalue weighted by molar-refractivity contribution is 5.02. The molecule has 1 aliphatic rings. The zero-order chi connectivity index (χ0) is 11.4. The second-order valence-electron chi connectivity index (χ2n) is 5.28. The first-order valence-electron chi connectivity index (χ1n) is 6.52. The van der Waals surface area contributed by atoms with Crippen LogP contribution in [0, 0.1) is 11.8 Å². The molecule has 1 aromatic heterocycles. The van der Waals surface area contributed by atoms with E-state index in [1.165, 1.54) is 25.7 Å². The third-order valence-corrected chi connectivity index (χ3v) is 3.73. The van der Waals surface area contributed by atoms with Gasteiger partial charge in [-0.15, -0.1) is 0 Å². The SMILES string of the molecule is CC1CCCC(CN[C@H](C)c2ccco2)C1. The number of hydrogen-bond donors (Lipinski definition) is 1. The van der Waals surface area contributed by atoms with Gasteiger partial charge < -0.3 is 9.73 Å². The highest BCUT2D eigenvalue weighted by Gasteiger charge is 2.19. The zero-order valence-electron chi connectivity index (χ0n) is 10.4. The lowest BCUT2D eigenvalue weighted by molar-refractivity contribution is 0.264. The van der Waals surface area contributed by atoms with Gasteiger partial charge in [0.1, 0.15) is 5.76 Å². The standard InChI is InChI=1S/C14H23NO/c1-11-5-3-6-13(9-11)10-15-12(2)14-7-4-8-16-14/h4,7-8,11-13,15H,3,5-6,9-10H2,1-2H3/t11?,12-,13?/m1/s1. The molecule has 0 radical (unpaired) electrons. The van der Waals surface area contributed by atoms with E-state index in [-0.39, 0.29) is 0 Å². The van der Waals surface area contributed by atoms with E-state index < -0.39 is 0 Å². The molecule has 0 aliphatic heterocycles. The molecule has 1 N–H and O–H groups in total. The number of furan rings is 1. The van der Waals surface area contributed by atoms with Crippen LogP contribution in [0.4, 0.5) is 0 Å². The van der Waals surface area contributed by atoms with Gasteiger partial charge in [-0.05, 0) is 50.3 Å². The zero-order valence-corrected chi connectivity index (χ0v) is 10.4. The van der Waals surface area contributed by atoms with Gasteiger partial charge in [0.15, 0.2) is 0 Å². The van der Waals surface area contributed by atoms with Crippen LogP contribution in [0.25, 0.3) is 0 Å². The van der Waals surface area contributed by atoms with Gasteiger partial charge in [0.25, 0.3) is 0 Å². The average Bonchev–Trinajstić information content (AvgIpc) is 2.79. The molecule has 1 fully saturated rings. The second-order valence-corrected chi connectivity index (χ2v) is 5.28. The Morgan fingerprint density at radius 3 is 3.06 bits per heavy atom. The Morgan fingerprint density at radius 2 is 2.38 bits per heavy atom. The van der Waals surface area contributed by atoms with Crippen molar-refractivity contribution < 1.29 is 4.42 Å². The minimum atomic E-state index is 0.340. The van der Waals surface area contributed by atoms with Crippen molar-refractivity contribution in [1.82, 2.24) is 5.32 Å². The summed E-state index contributed by atoms with van der Waals surface area (Å²) in [6, 6.07) is 4.34. The molecule has 1 heterocycles. The Hall–Kier alpha value is -0.760. The van der Waals surface area contributed by atoms with Crippen LogP contribution in [0.2, 0.25) is 0 Å². The summed E-state index contributed by atoms with van der Waals surface area (Å²) in [6.45, 7) is 5.68. The van der Waals surface area contributed by atoms with Crippen LogP contribution in [0.3, 0.4) is 0 Å². The smallest absolute Gasteiger partial charge is 0.120 e. The van der Waals surface area contributed by atoms with E-state index in [4.69, 9.17) is 4.42 Å². The highest BCUT2D eigenvalue weighted by atomic mass is 16.3. The molecule has 0 spiro atoms. The summed E-state index contributed by atoms with van der Waals surface area (Å²) in [5.41, 5.74) is 0. The van der Waals surface area contributed by atoms with Crippen LogP contribution in [-0.2, 0) is 0 Å². The van der Waals surface area contributed by atoms with Crippen LogP contribution in [-0.4, -0.2) is 6.54 Å². The predicted octanol–water partition coefficient (Wildman–Crippen LogP) is 3.76. The van der Waals surface area contributed by atoms with Crippen molar-refractivity contribution in [2.75, 3.05) is 6.54 Å². The Balaban J connectivity index is 1.74. The van der Waals surface area contributed by atoms with Gasteiger partial charge in [-0.2, -0.15) is 0 Å². The van der Waals surface area contributed by atoms with Crippen molar-refractivity contribution in [2.45, 2.75) is 45.6 Å². The first-order valence-corrected chi connectivity index (χ1v) is 6.52. The lowest BCUT2D eigenvalue weighted by Crippen LogP contribution is -2.28. The van der Waals surface area contributed by atoms with E-state index in [1.807, 2.05) is 12.1 Å². The lowest BCUT2D eigenvalue weighted by atomic mass is 9.82. The van der Waals surface area contributed by atoms with Crippen LogP contribution in [0.15, 0.2) is 22.8 Å². The molecular weight excluding hydrogens is 198 g/mol. The van der Waals surface area contributed by atoms with Crippen LogP contribution in [0.1, 0.15) is 51.3 Å². The maximum absolute atomic E-state index is 5.39. The normalized spacial score (nSPS) is 27.9.